The number of rotatable bonds is 5. The van der Waals surface area contributed by atoms with Gasteiger partial charge in [-0.05, 0) is 12.0 Å². The second kappa shape index (κ2) is 7.17. The van der Waals surface area contributed by atoms with Crippen LogP contribution in [0.2, 0.25) is 0 Å². The number of aliphatic hydroxyl groups excluding tert-OH is 1. The van der Waals surface area contributed by atoms with Gasteiger partial charge in [0.15, 0.2) is 0 Å². The number of nitrogens with zero attached hydrogens (tertiary/aromatic N) is 1. The van der Waals surface area contributed by atoms with Crippen LogP contribution in [-0.2, 0) is 14.8 Å². The van der Waals surface area contributed by atoms with Crippen molar-refractivity contribution < 1.29 is 18.3 Å². The van der Waals surface area contributed by atoms with Gasteiger partial charge in [-0.25, -0.2) is 8.42 Å². The standard InChI is InChI=1S/C13H17N3O4S/c1-9(2)12(13(14)18)16-21(19,20)11-6-10(4-3-5-17)7-15-8-11/h6-9,12,16-17H,5H2,1-2H3,(H2,14,18). The molecule has 0 bridgehead atoms. The highest BCUT2D eigenvalue weighted by Gasteiger charge is 2.26. The summed E-state index contributed by atoms with van der Waals surface area (Å²) in [6.45, 7) is 3.02. The predicted molar refractivity (Wildman–Crippen MR) is 76.3 cm³/mol. The van der Waals surface area contributed by atoms with Gasteiger partial charge < -0.3 is 10.8 Å². The van der Waals surface area contributed by atoms with E-state index < -0.39 is 22.0 Å². The van der Waals surface area contributed by atoms with Gasteiger partial charge in [0.1, 0.15) is 17.5 Å². The smallest absolute Gasteiger partial charge is 0.242 e. The van der Waals surface area contributed by atoms with Crippen LogP contribution in [0.4, 0.5) is 0 Å². The number of hydrogen-bond donors (Lipinski definition) is 3. The van der Waals surface area contributed by atoms with Crippen LogP contribution in [0.15, 0.2) is 23.4 Å². The lowest BCUT2D eigenvalue weighted by Gasteiger charge is -2.18. The van der Waals surface area contributed by atoms with Gasteiger partial charge in [0.2, 0.25) is 15.9 Å². The number of carbonyl (C=O) groups is 1. The van der Waals surface area contributed by atoms with E-state index in [0.717, 1.165) is 6.20 Å². The molecule has 114 valence electrons. The molecule has 0 aliphatic carbocycles. The third-order valence-electron chi connectivity index (χ3n) is 2.59. The lowest BCUT2D eigenvalue weighted by molar-refractivity contribution is -0.120. The average Bonchev–Trinajstić information content (AvgIpc) is 2.42. The number of primary amides is 1. The topological polar surface area (TPSA) is 122 Å². The molecule has 1 heterocycles. The zero-order valence-electron chi connectivity index (χ0n) is 11.7. The summed E-state index contributed by atoms with van der Waals surface area (Å²) in [5.74, 6) is 3.91. The summed E-state index contributed by atoms with van der Waals surface area (Å²) in [5.41, 5.74) is 5.53. The van der Waals surface area contributed by atoms with E-state index >= 15 is 0 Å². The Kier molecular flexibility index (Phi) is 5.84. The minimum atomic E-state index is -3.94. The van der Waals surface area contributed by atoms with Gasteiger partial charge in [-0.1, -0.05) is 25.7 Å². The SMILES string of the molecule is CC(C)C(NS(=O)(=O)c1cncc(C#CCO)c1)C(N)=O. The molecular formula is C13H17N3O4S. The first kappa shape index (κ1) is 17.1. The summed E-state index contributed by atoms with van der Waals surface area (Å²) in [4.78, 5) is 14.9. The lowest BCUT2D eigenvalue weighted by atomic mass is 10.1. The second-order valence-electron chi connectivity index (χ2n) is 4.61. The number of nitrogens with one attached hydrogen (secondary N) is 1. The summed E-state index contributed by atoms with van der Waals surface area (Å²) < 4.78 is 26.7. The minimum Gasteiger partial charge on any atom is -0.384 e. The molecule has 8 heteroatoms. The molecule has 0 fully saturated rings. The van der Waals surface area contributed by atoms with Crippen molar-refractivity contribution in [2.24, 2.45) is 11.7 Å². The van der Waals surface area contributed by atoms with Crippen molar-refractivity contribution in [3.63, 3.8) is 0 Å². The Bertz CT molecular complexity index is 674. The highest BCUT2D eigenvalue weighted by atomic mass is 32.2. The van der Waals surface area contributed by atoms with Crippen molar-refractivity contribution in [2.45, 2.75) is 24.8 Å². The number of nitrogens with two attached hydrogens (primary N) is 1. The maximum atomic E-state index is 12.2. The van der Waals surface area contributed by atoms with Gasteiger partial charge in [0.25, 0.3) is 0 Å². The molecule has 0 aliphatic heterocycles. The van der Waals surface area contributed by atoms with Crippen molar-refractivity contribution in [2.75, 3.05) is 6.61 Å². The van der Waals surface area contributed by atoms with Crippen molar-refractivity contribution in [3.05, 3.63) is 24.0 Å². The lowest BCUT2D eigenvalue weighted by Crippen LogP contribution is -2.47. The molecule has 1 rings (SSSR count). The van der Waals surface area contributed by atoms with Crippen LogP contribution in [0.25, 0.3) is 0 Å². The number of amides is 1. The summed E-state index contributed by atoms with van der Waals surface area (Å²) >= 11 is 0. The maximum absolute atomic E-state index is 12.2. The van der Waals surface area contributed by atoms with Crippen LogP contribution in [-0.4, -0.2) is 37.1 Å². The number of carbonyl (C=O) groups excluding carboxylic acids is 1. The molecule has 4 N–H and O–H groups in total. The first-order valence-electron chi connectivity index (χ1n) is 6.14. The second-order valence-corrected chi connectivity index (χ2v) is 6.33. The Labute approximate surface area is 123 Å². The van der Waals surface area contributed by atoms with Gasteiger partial charge in [-0.3, -0.25) is 9.78 Å². The Balaban J connectivity index is 3.10. The maximum Gasteiger partial charge on any atom is 0.242 e. The summed E-state index contributed by atoms with van der Waals surface area (Å²) in [7, 11) is -3.94. The van der Waals surface area contributed by atoms with E-state index in [4.69, 9.17) is 10.8 Å². The summed E-state index contributed by atoms with van der Waals surface area (Å²) in [6.07, 6.45) is 2.51. The first-order chi connectivity index (χ1) is 9.77. The third-order valence-corrected chi connectivity index (χ3v) is 4.00. The van der Waals surface area contributed by atoms with E-state index in [1.165, 1.54) is 12.3 Å². The molecule has 0 spiro atoms. The van der Waals surface area contributed by atoms with Gasteiger partial charge in [0.05, 0.1) is 0 Å². The Morgan fingerprint density at radius 2 is 2.14 bits per heavy atom. The van der Waals surface area contributed by atoms with Crippen LogP contribution < -0.4 is 10.5 Å². The fourth-order valence-electron chi connectivity index (χ4n) is 1.53. The van der Waals surface area contributed by atoms with Crippen LogP contribution in [0, 0.1) is 17.8 Å². The minimum absolute atomic E-state index is 0.126. The van der Waals surface area contributed by atoms with Gasteiger partial charge in [-0.2, -0.15) is 4.72 Å². The third kappa shape index (κ3) is 4.82. The van der Waals surface area contributed by atoms with E-state index in [0.29, 0.717) is 5.56 Å². The number of sulfonamides is 1. The molecule has 0 aliphatic rings. The highest BCUT2D eigenvalue weighted by molar-refractivity contribution is 7.89. The zero-order valence-corrected chi connectivity index (χ0v) is 12.5. The fraction of sp³-hybridized carbons (Fsp3) is 0.385. The highest BCUT2D eigenvalue weighted by Crippen LogP contribution is 2.12. The number of aliphatic hydroxyl groups is 1. The molecule has 0 saturated heterocycles. The van der Waals surface area contributed by atoms with Crippen molar-refractivity contribution in [3.8, 4) is 11.8 Å². The van der Waals surface area contributed by atoms with Crippen molar-refractivity contribution in [1.29, 1.82) is 0 Å². The van der Waals surface area contributed by atoms with E-state index in [2.05, 4.69) is 21.5 Å². The van der Waals surface area contributed by atoms with E-state index in [1.807, 2.05) is 0 Å². The molecule has 0 aromatic carbocycles. The molecule has 0 radical (unpaired) electrons. The number of aromatic nitrogens is 1. The number of hydrogen-bond acceptors (Lipinski definition) is 5. The molecule has 1 aromatic heterocycles. The van der Waals surface area contributed by atoms with Crippen molar-refractivity contribution >= 4 is 15.9 Å². The molecule has 1 aromatic rings. The summed E-state index contributed by atoms with van der Waals surface area (Å²) in [5, 5.41) is 8.62. The van der Waals surface area contributed by atoms with Gasteiger partial charge >= 0.3 is 0 Å². The van der Waals surface area contributed by atoms with Crippen LogP contribution in [0.3, 0.4) is 0 Å². The molecular weight excluding hydrogens is 294 g/mol. The molecule has 1 unspecified atom stereocenters. The van der Waals surface area contributed by atoms with Gasteiger partial charge in [0, 0.05) is 18.0 Å². The van der Waals surface area contributed by atoms with E-state index in [-0.39, 0.29) is 17.4 Å². The Morgan fingerprint density at radius 1 is 1.48 bits per heavy atom. The molecule has 7 nitrogen and oxygen atoms in total. The Hall–Kier alpha value is -1.95. The first-order valence-corrected chi connectivity index (χ1v) is 7.62. The predicted octanol–water partition coefficient (Wildman–Crippen LogP) is -0.786. The van der Waals surface area contributed by atoms with Crippen molar-refractivity contribution in [1.82, 2.24) is 9.71 Å². The normalized spacial score (nSPS) is 12.6. The van der Waals surface area contributed by atoms with E-state index in [1.54, 1.807) is 13.8 Å². The van der Waals surface area contributed by atoms with E-state index in [9.17, 15) is 13.2 Å². The zero-order chi connectivity index (χ0) is 16.0. The van der Waals surface area contributed by atoms with Gasteiger partial charge in [-0.15, -0.1) is 0 Å². The fourth-order valence-corrected chi connectivity index (χ4v) is 2.87. The average molecular weight is 311 g/mol. The van der Waals surface area contributed by atoms with Crippen LogP contribution in [0.1, 0.15) is 19.4 Å². The quantitative estimate of drug-likeness (QED) is 0.615. The molecule has 1 amide bonds. The van der Waals surface area contributed by atoms with Crippen LogP contribution in [0.5, 0.6) is 0 Å². The largest absolute Gasteiger partial charge is 0.384 e. The monoisotopic (exact) mass is 311 g/mol. The van der Waals surface area contributed by atoms with Crippen LogP contribution >= 0.6 is 0 Å². The molecule has 21 heavy (non-hydrogen) atoms. The molecule has 1 atom stereocenters. The Morgan fingerprint density at radius 3 is 2.67 bits per heavy atom. The summed E-state index contributed by atoms with van der Waals surface area (Å²) in [6, 6.07) is 0.290. The number of pyridine rings is 1. The molecule has 0 saturated carbocycles.